The summed E-state index contributed by atoms with van der Waals surface area (Å²) in [6, 6.07) is 1.86. The lowest BCUT2D eigenvalue weighted by molar-refractivity contribution is 0.486. The van der Waals surface area contributed by atoms with Crippen molar-refractivity contribution in [3.05, 3.63) is 26.6 Å². The van der Waals surface area contributed by atoms with Crippen molar-refractivity contribution in [3.8, 4) is 0 Å². The summed E-state index contributed by atoms with van der Waals surface area (Å²) < 4.78 is 2.26. The summed E-state index contributed by atoms with van der Waals surface area (Å²) in [4.78, 5) is 16.3. The molecule has 1 aliphatic rings. The van der Waals surface area contributed by atoms with Crippen molar-refractivity contribution in [3.63, 3.8) is 0 Å². The first-order chi connectivity index (χ1) is 7.99. The molecule has 1 fully saturated rings. The molecular weight excluding hydrogens is 252 g/mol. The van der Waals surface area contributed by atoms with Gasteiger partial charge in [-0.05, 0) is 41.4 Å². The minimum absolute atomic E-state index is 0.0488. The second-order valence-electron chi connectivity index (χ2n) is 5.40. The maximum atomic E-state index is 12.3. The van der Waals surface area contributed by atoms with Gasteiger partial charge in [0.15, 0.2) is 4.77 Å². The van der Waals surface area contributed by atoms with E-state index >= 15 is 0 Å². The number of fused-ring (bicyclic) bond motifs is 1. The molecule has 2 heterocycles. The van der Waals surface area contributed by atoms with Gasteiger partial charge in [0, 0.05) is 6.54 Å². The molecule has 3 rings (SSSR count). The number of aromatic nitrogens is 2. The van der Waals surface area contributed by atoms with Gasteiger partial charge in [0.2, 0.25) is 0 Å². The third-order valence-electron chi connectivity index (χ3n) is 3.73. The number of hydrogen-bond acceptors (Lipinski definition) is 3. The van der Waals surface area contributed by atoms with Crippen LogP contribution in [0.25, 0.3) is 10.2 Å². The van der Waals surface area contributed by atoms with Crippen molar-refractivity contribution < 1.29 is 0 Å². The van der Waals surface area contributed by atoms with E-state index in [0.29, 0.717) is 16.1 Å². The summed E-state index contributed by atoms with van der Waals surface area (Å²) in [5.41, 5.74) is 0.415. The number of aromatic amines is 1. The molecule has 1 saturated carbocycles. The van der Waals surface area contributed by atoms with E-state index in [-0.39, 0.29) is 5.56 Å². The van der Waals surface area contributed by atoms with Crippen LogP contribution in [0, 0.1) is 16.1 Å². The highest BCUT2D eigenvalue weighted by Crippen LogP contribution is 2.52. The summed E-state index contributed by atoms with van der Waals surface area (Å²) in [5, 5.41) is 2.67. The van der Waals surface area contributed by atoms with E-state index in [0.717, 1.165) is 16.8 Å². The molecule has 0 bridgehead atoms. The topological polar surface area (TPSA) is 37.8 Å². The molecular formula is C12H14N2OS2. The van der Waals surface area contributed by atoms with Crippen molar-refractivity contribution in [2.45, 2.75) is 26.8 Å². The number of nitrogens with one attached hydrogen (secondary N) is 1. The Morgan fingerprint density at radius 3 is 3.00 bits per heavy atom. The molecule has 0 spiro atoms. The van der Waals surface area contributed by atoms with Gasteiger partial charge in [-0.3, -0.25) is 9.36 Å². The van der Waals surface area contributed by atoms with Crippen LogP contribution in [0.4, 0.5) is 0 Å². The molecule has 0 aromatic carbocycles. The molecule has 5 heteroatoms. The fraction of sp³-hybridized carbons (Fsp3) is 0.500. The molecule has 90 valence electrons. The fourth-order valence-corrected chi connectivity index (χ4v) is 3.35. The lowest BCUT2D eigenvalue weighted by Gasteiger charge is -2.07. The monoisotopic (exact) mass is 266 g/mol. The Labute approximate surface area is 108 Å². The Bertz CT molecular complexity index is 692. The molecule has 0 amide bonds. The average Bonchev–Trinajstić information content (AvgIpc) is 2.67. The zero-order valence-electron chi connectivity index (χ0n) is 9.82. The van der Waals surface area contributed by atoms with Crippen LogP contribution < -0.4 is 5.56 Å². The number of thiophene rings is 1. The number of hydrogen-bond donors (Lipinski definition) is 1. The van der Waals surface area contributed by atoms with Crippen LogP contribution in [0.3, 0.4) is 0 Å². The van der Waals surface area contributed by atoms with E-state index in [1.54, 1.807) is 4.57 Å². The van der Waals surface area contributed by atoms with E-state index in [9.17, 15) is 4.79 Å². The van der Waals surface area contributed by atoms with Gasteiger partial charge in [-0.25, -0.2) is 0 Å². The predicted molar refractivity (Wildman–Crippen MR) is 73.2 cm³/mol. The van der Waals surface area contributed by atoms with Crippen molar-refractivity contribution >= 4 is 33.8 Å². The summed E-state index contributed by atoms with van der Waals surface area (Å²) >= 11 is 6.79. The summed E-state index contributed by atoms with van der Waals surface area (Å²) in [7, 11) is 0. The second-order valence-corrected chi connectivity index (χ2v) is 6.70. The third kappa shape index (κ3) is 1.77. The largest absolute Gasteiger partial charge is 0.323 e. The van der Waals surface area contributed by atoms with E-state index < -0.39 is 0 Å². The van der Waals surface area contributed by atoms with Gasteiger partial charge in [-0.15, -0.1) is 11.3 Å². The van der Waals surface area contributed by atoms with Crippen LogP contribution in [0.5, 0.6) is 0 Å². The first kappa shape index (κ1) is 11.2. The Hall–Kier alpha value is -0.940. The van der Waals surface area contributed by atoms with Crippen LogP contribution in [0.1, 0.15) is 20.3 Å². The van der Waals surface area contributed by atoms with Gasteiger partial charge in [0.25, 0.3) is 5.56 Å². The maximum Gasteiger partial charge on any atom is 0.263 e. The van der Waals surface area contributed by atoms with Crippen LogP contribution in [-0.4, -0.2) is 9.55 Å². The predicted octanol–water partition coefficient (Wildman–Crippen LogP) is 3.17. The highest BCUT2D eigenvalue weighted by atomic mass is 32.1. The summed E-state index contributed by atoms with van der Waals surface area (Å²) in [5.74, 6) is 0.575. The van der Waals surface area contributed by atoms with Gasteiger partial charge in [0.05, 0.1) is 5.39 Å². The summed E-state index contributed by atoms with van der Waals surface area (Å²) in [6.45, 7) is 5.21. The van der Waals surface area contributed by atoms with E-state index in [4.69, 9.17) is 12.2 Å². The number of rotatable bonds is 2. The normalized spacial score (nSPS) is 21.9. The Morgan fingerprint density at radius 1 is 1.65 bits per heavy atom. The molecule has 2 aromatic heterocycles. The highest BCUT2D eigenvalue weighted by Gasteiger charge is 2.45. The Morgan fingerprint density at radius 2 is 2.35 bits per heavy atom. The molecule has 17 heavy (non-hydrogen) atoms. The van der Waals surface area contributed by atoms with Crippen molar-refractivity contribution in [2.24, 2.45) is 11.3 Å². The summed E-state index contributed by atoms with van der Waals surface area (Å²) in [6.07, 6.45) is 1.18. The van der Waals surface area contributed by atoms with Gasteiger partial charge < -0.3 is 4.98 Å². The first-order valence-corrected chi connectivity index (χ1v) is 6.98. The Balaban J connectivity index is 2.10. The zero-order valence-corrected chi connectivity index (χ0v) is 11.5. The van der Waals surface area contributed by atoms with Crippen molar-refractivity contribution in [1.82, 2.24) is 9.55 Å². The molecule has 3 nitrogen and oxygen atoms in total. The maximum absolute atomic E-state index is 12.3. The second kappa shape index (κ2) is 3.53. The molecule has 1 unspecified atom stereocenters. The minimum Gasteiger partial charge on any atom is -0.323 e. The van der Waals surface area contributed by atoms with E-state index in [1.165, 1.54) is 17.8 Å². The molecule has 0 radical (unpaired) electrons. The van der Waals surface area contributed by atoms with E-state index in [1.807, 2.05) is 11.4 Å². The average molecular weight is 266 g/mol. The lowest BCUT2D eigenvalue weighted by Crippen LogP contribution is -2.23. The van der Waals surface area contributed by atoms with Crippen LogP contribution in [0.15, 0.2) is 16.2 Å². The Kier molecular flexibility index (Phi) is 2.32. The number of nitrogens with zero attached hydrogens (tertiary/aromatic N) is 1. The highest BCUT2D eigenvalue weighted by molar-refractivity contribution is 7.71. The van der Waals surface area contributed by atoms with Crippen molar-refractivity contribution in [2.75, 3.05) is 0 Å². The molecule has 0 saturated heterocycles. The molecule has 1 aliphatic carbocycles. The standard InChI is InChI=1S/C12H14N2OS2/c1-12(2)5-7(12)6-14-10(15)8-3-4-17-9(8)13-11(14)16/h3-4,7H,5-6H2,1-2H3,(H,13,16). The number of H-pyrrole nitrogens is 1. The molecule has 0 aliphatic heterocycles. The van der Waals surface area contributed by atoms with Gasteiger partial charge in [0.1, 0.15) is 4.83 Å². The lowest BCUT2D eigenvalue weighted by atomic mass is 10.1. The quantitative estimate of drug-likeness (QED) is 0.848. The third-order valence-corrected chi connectivity index (χ3v) is 4.88. The van der Waals surface area contributed by atoms with Gasteiger partial charge in [-0.2, -0.15) is 0 Å². The molecule has 1 atom stereocenters. The van der Waals surface area contributed by atoms with Crippen LogP contribution in [-0.2, 0) is 6.54 Å². The van der Waals surface area contributed by atoms with Gasteiger partial charge >= 0.3 is 0 Å². The first-order valence-electron chi connectivity index (χ1n) is 5.69. The van der Waals surface area contributed by atoms with E-state index in [2.05, 4.69) is 18.8 Å². The molecule has 2 aromatic rings. The van der Waals surface area contributed by atoms with Crippen molar-refractivity contribution in [1.29, 1.82) is 0 Å². The van der Waals surface area contributed by atoms with Crippen LogP contribution >= 0.6 is 23.6 Å². The fourth-order valence-electron chi connectivity index (χ4n) is 2.25. The van der Waals surface area contributed by atoms with Crippen LogP contribution in [0.2, 0.25) is 0 Å². The zero-order chi connectivity index (χ0) is 12.2. The molecule has 1 N–H and O–H groups in total. The smallest absolute Gasteiger partial charge is 0.263 e. The SMILES string of the molecule is CC1(C)CC1Cn1c(=S)[nH]c2sccc2c1=O. The minimum atomic E-state index is 0.0488. The van der Waals surface area contributed by atoms with Gasteiger partial charge in [-0.1, -0.05) is 13.8 Å².